The van der Waals surface area contributed by atoms with Gasteiger partial charge >= 0.3 is 6.03 Å². The number of nitrogens with one attached hydrogen (secondary N) is 1. The molecule has 5 heteroatoms. The highest BCUT2D eigenvalue weighted by Gasteiger charge is 2.31. The molecular formula is C24H24N2O2S. The zero-order chi connectivity index (χ0) is 20.1. The van der Waals surface area contributed by atoms with Crippen LogP contribution in [0.3, 0.4) is 0 Å². The van der Waals surface area contributed by atoms with Crippen LogP contribution in [0.15, 0.2) is 78.9 Å². The molecule has 0 saturated carbocycles. The molecule has 1 atom stereocenters. The molecule has 29 heavy (non-hydrogen) atoms. The van der Waals surface area contributed by atoms with Gasteiger partial charge < -0.3 is 15.0 Å². The maximum atomic E-state index is 12.8. The van der Waals surface area contributed by atoms with E-state index in [4.69, 9.17) is 4.74 Å². The molecule has 1 N–H and O–H groups in total. The lowest BCUT2D eigenvalue weighted by atomic mass is 10.2. The Morgan fingerprint density at radius 1 is 1.07 bits per heavy atom. The minimum Gasteiger partial charge on any atom is -0.489 e. The molecule has 1 heterocycles. The summed E-state index contributed by atoms with van der Waals surface area (Å²) >= 11 is 1.78. The summed E-state index contributed by atoms with van der Waals surface area (Å²) in [5.74, 6) is 1.74. The van der Waals surface area contributed by atoms with Crippen LogP contribution in [0.1, 0.15) is 22.1 Å². The Balaban J connectivity index is 1.44. The molecule has 2 amide bonds. The highest BCUT2D eigenvalue weighted by Crippen LogP contribution is 2.39. The van der Waals surface area contributed by atoms with Crippen LogP contribution in [0.25, 0.3) is 0 Å². The maximum absolute atomic E-state index is 12.8. The van der Waals surface area contributed by atoms with Crippen molar-refractivity contribution in [2.24, 2.45) is 0 Å². The van der Waals surface area contributed by atoms with Crippen molar-refractivity contribution in [2.75, 3.05) is 17.6 Å². The Kier molecular flexibility index (Phi) is 6.06. The lowest BCUT2D eigenvalue weighted by molar-refractivity contribution is 0.214. The number of nitrogens with zero attached hydrogens (tertiary/aromatic N) is 1. The normalized spacial score (nSPS) is 15.9. The van der Waals surface area contributed by atoms with Crippen molar-refractivity contribution >= 4 is 23.5 Å². The number of carbonyl (C=O) groups is 1. The van der Waals surface area contributed by atoms with Crippen LogP contribution in [-0.4, -0.2) is 23.2 Å². The first kappa shape index (κ1) is 19.4. The van der Waals surface area contributed by atoms with E-state index in [0.29, 0.717) is 6.61 Å². The number of rotatable bonds is 5. The Morgan fingerprint density at radius 2 is 1.86 bits per heavy atom. The van der Waals surface area contributed by atoms with E-state index in [1.807, 2.05) is 84.6 Å². The van der Waals surface area contributed by atoms with Gasteiger partial charge in [0, 0.05) is 18.0 Å². The molecule has 0 aromatic heterocycles. The summed E-state index contributed by atoms with van der Waals surface area (Å²) in [5, 5.41) is 3.00. The van der Waals surface area contributed by atoms with E-state index in [2.05, 4.69) is 11.4 Å². The van der Waals surface area contributed by atoms with E-state index in [1.54, 1.807) is 11.8 Å². The number of ether oxygens (including phenoxy) is 1. The second-order valence-corrected chi connectivity index (χ2v) is 8.25. The number of thioether (sulfide) groups is 1. The van der Waals surface area contributed by atoms with E-state index in [1.165, 1.54) is 5.56 Å². The number of hydrogen-bond donors (Lipinski definition) is 1. The maximum Gasteiger partial charge on any atom is 0.323 e. The third kappa shape index (κ3) is 4.93. The van der Waals surface area contributed by atoms with Crippen molar-refractivity contribution in [1.29, 1.82) is 0 Å². The SMILES string of the molecule is Cc1ccc(NC(=O)N2CCSC2c2cccc(OCc3ccccc3)c2)cc1. The Labute approximate surface area is 175 Å². The second-order valence-electron chi connectivity index (χ2n) is 7.06. The molecule has 1 unspecified atom stereocenters. The average molecular weight is 405 g/mol. The molecule has 4 rings (SSSR count). The molecular weight excluding hydrogens is 380 g/mol. The molecule has 3 aromatic carbocycles. The number of carbonyl (C=O) groups excluding carboxylic acids is 1. The van der Waals surface area contributed by atoms with Crippen LogP contribution >= 0.6 is 11.8 Å². The van der Waals surface area contributed by atoms with Crippen molar-refractivity contribution in [1.82, 2.24) is 4.90 Å². The summed E-state index contributed by atoms with van der Waals surface area (Å²) in [5.41, 5.74) is 4.20. The first-order valence-electron chi connectivity index (χ1n) is 9.71. The quantitative estimate of drug-likeness (QED) is 0.580. The number of amides is 2. The van der Waals surface area contributed by atoms with Gasteiger partial charge in [0.1, 0.15) is 17.7 Å². The molecule has 1 aliphatic rings. The van der Waals surface area contributed by atoms with Crippen molar-refractivity contribution in [3.8, 4) is 5.75 Å². The van der Waals surface area contributed by atoms with Gasteiger partial charge in [0.25, 0.3) is 0 Å². The zero-order valence-electron chi connectivity index (χ0n) is 16.4. The van der Waals surface area contributed by atoms with Gasteiger partial charge in [-0.2, -0.15) is 0 Å². The molecule has 1 aliphatic heterocycles. The van der Waals surface area contributed by atoms with Gasteiger partial charge in [-0.25, -0.2) is 4.79 Å². The fourth-order valence-electron chi connectivity index (χ4n) is 3.29. The molecule has 0 aliphatic carbocycles. The summed E-state index contributed by atoms with van der Waals surface area (Å²) in [6.45, 7) is 3.29. The third-order valence-corrected chi connectivity index (χ3v) is 6.11. The Hall–Kier alpha value is -2.92. The van der Waals surface area contributed by atoms with Crippen molar-refractivity contribution in [2.45, 2.75) is 18.9 Å². The minimum atomic E-state index is -0.0699. The molecule has 0 radical (unpaired) electrons. The Morgan fingerprint density at radius 3 is 2.66 bits per heavy atom. The lowest BCUT2D eigenvalue weighted by Crippen LogP contribution is -2.34. The minimum absolute atomic E-state index is 0.0132. The van der Waals surface area contributed by atoms with Crippen LogP contribution in [0.2, 0.25) is 0 Å². The number of urea groups is 1. The van der Waals surface area contributed by atoms with E-state index in [-0.39, 0.29) is 11.4 Å². The first-order valence-corrected chi connectivity index (χ1v) is 10.8. The van der Waals surface area contributed by atoms with Crippen LogP contribution in [0.5, 0.6) is 5.75 Å². The fourth-order valence-corrected chi connectivity index (χ4v) is 4.53. The van der Waals surface area contributed by atoms with E-state index < -0.39 is 0 Å². The topological polar surface area (TPSA) is 41.6 Å². The van der Waals surface area contributed by atoms with Gasteiger partial charge in [0.2, 0.25) is 0 Å². The molecule has 1 saturated heterocycles. The van der Waals surface area contributed by atoms with E-state index in [9.17, 15) is 4.79 Å². The largest absolute Gasteiger partial charge is 0.489 e. The lowest BCUT2D eigenvalue weighted by Gasteiger charge is -2.25. The highest BCUT2D eigenvalue weighted by molar-refractivity contribution is 7.99. The van der Waals surface area contributed by atoms with E-state index >= 15 is 0 Å². The van der Waals surface area contributed by atoms with Crippen LogP contribution < -0.4 is 10.1 Å². The molecule has 4 nitrogen and oxygen atoms in total. The summed E-state index contributed by atoms with van der Waals surface area (Å²) in [6.07, 6.45) is 0. The van der Waals surface area contributed by atoms with Crippen molar-refractivity contribution in [3.05, 3.63) is 95.6 Å². The smallest absolute Gasteiger partial charge is 0.323 e. The van der Waals surface area contributed by atoms with Gasteiger partial charge in [-0.15, -0.1) is 11.8 Å². The highest BCUT2D eigenvalue weighted by atomic mass is 32.2. The summed E-state index contributed by atoms with van der Waals surface area (Å²) in [6, 6.07) is 26.0. The molecule has 0 bridgehead atoms. The van der Waals surface area contributed by atoms with E-state index in [0.717, 1.165) is 34.9 Å². The predicted octanol–water partition coefficient (Wildman–Crippen LogP) is 5.85. The van der Waals surface area contributed by atoms with Gasteiger partial charge in [-0.3, -0.25) is 0 Å². The first-order chi connectivity index (χ1) is 14.2. The monoisotopic (exact) mass is 404 g/mol. The third-order valence-electron chi connectivity index (χ3n) is 4.85. The molecule has 148 valence electrons. The van der Waals surface area contributed by atoms with Crippen LogP contribution in [0.4, 0.5) is 10.5 Å². The number of anilines is 1. The molecule has 0 spiro atoms. The van der Waals surface area contributed by atoms with Gasteiger partial charge in [0.15, 0.2) is 0 Å². The van der Waals surface area contributed by atoms with Gasteiger partial charge in [0.05, 0.1) is 0 Å². The van der Waals surface area contributed by atoms with Crippen molar-refractivity contribution in [3.63, 3.8) is 0 Å². The van der Waals surface area contributed by atoms with Crippen LogP contribution in [0, 0.1) is 6.92 Å². The fraction of sp³-hybridized carbons (Fsp3) is 0.208. The second kappa shape index (κ2) is 9.05. The van der Waals surface area contributed by atoms with Gasteiger partial charge in [-0.1, -0.05) is 60.2 Å². The molecule has 3 aromatic rings. The number of benzene rings is 3. The van der Waals surface area contributed by atoms with Crippen molar-refractivity contribution < 1.29 is 9.53 Å². The average Bonchev–Trinajstić information content (AvgIpc) is 3.25. The number of aryl methyl sites for hydroxylation is 1. The summed E-state index contributed by atoms with van der Waals surface area (Å²) < 4.78 is 5.97. The summed E-state index contributed by atoms with van der Waals surface area (Å²) in [4.78, 5) is 14.7. The predicted molar refractivity (Wildman–Crippen MR) is 119 cm³/mol. The zero-order valence-corrected chi connectivity index (χ0v) is 17.2. The van der Waals surface area contributed by atoms with Crippen LogP contribution in [-0.2, 0) is 6.61 Å². The number of hydrogen-bond acceptors (Lipinski definition) is 3. The Bertz CT molecular complexity index is 960. The standard InChI is InChI=1S/C24H24N2O2S/c1-18-10-12-21(13-11-18)25-24(27)26-14-15-29-23(26)20-8-5-9-22(16-20)28-17-19-6-3-2-4-7-19/h2-13,16,23H,14-15,17H2,1H3,(H,25,27). The molecule has 1 fully saturated rings. The summed E-state index contributed by atoms with van der Waals surface area (Å²) in [7, 11) is 0. The van der Waals surface area contributed by atoms with Gasteiger partial charge in [-0.05, 0) is 42.3 Å².